The lowest BCUT2D eigenvalue weighted by atomic mass is 10.2. The van der Waals surface area contributed by atoms with Crippen molar-refractivity contribution in [2.45, 2.75) is 65.5 Å². The number of rotatable bonds is 17. The van der Waals surface area contributed by atoms with Crippen molar-refractivity contribution < 1.29 is 4.43 Å². The van der Waals surface area contributed by atoms with Crippen molar-refractivity contribution in [3.63, 3.8) is 0 Å². The van der Waals surface area contributed by atoms with Crippen LogP contribution in [-0.2, 0) is 4.43 Å². The zero-order valence-corrected chi connectivity index (χ0v) is 18.9. The van der Waals surface area contributed by atoms with E-state index in [1.54, 1.807) is 0 Å². The largest absolute Gasteiger partial charge is 0.421 e. The van der Waals surface area contributed by atoms with E-state index in [9.17, 15) is 0 Å². The molecule has 0 saturated heterocycles. The standard InChI is InChI=1S/C19H45N3OSi/c1-7-19(8-2)23-24-18-17-22(15-11-13-20(5)9-3)16-12-14-21(6)10-4/h19H,7-18,24H2,1-6H3. The van der Waals surface area contributed by atoms with Crippen molar-refractivity contribution in [1.29, 1.82) is 0 Å². The summed E-state index contributed by atoms with van der Waals surface area (Å²) in [7, 11) is 4.09. The highest BCUT2D eigenvalue weighted by molar-refractivity contribution is 6.27. The van der Waals surface area contributed by atoms with Crippen LogP contribution in [0.1, 0.15) is 53.4 Å². The van der Waals surface area contributed by atoms with Crippen LogP contribution < -0.4 is 0 Å². The first kappa shape index (κ1) is 24.1. The minimum absolute atomic E-state index is 0.350. The number of hydrogen-bond donors (Lipinski definition) is 0. The van der Waals surface area contributed by atoms with E-state index in [2.05, 4.69) is 56.5 Å². The molecule has 4 nitrogen and oxygen atoms in total. The van der Waals surface area contributed by atoms with Crippen LogP contribution in [-0.4, -0.2) is 90.5 Å². The Hall–Kier alpha value is 0.0569. The van der Waals surface area contributed by atoms with Crippen LogP contribution in [0, 0.1) is 0 Å². The molecule has 0 aromatic carbocycles. The molecule has 0 fully saturated rings. The van der Waals surface area contributed by atoms with Crippen LogP contribution >= 0.6 is 0 Å². The van der Waals surface area contributed by atoms with Gasteiger partial charge in [-0.2, -0.15) is 0 Å². The molecule has 0 aliphatic heterocycles. The molecule has 0 aliphatic rings. The van der Waals surface area contributed by atoms with Gasteiger partial charge in [-0.25, -0.2) is 0 Å². The van der Waals surface area contributed by atoms with Gasteiger partial charge in [0.2, 0.25) is 0 Å². The quantitative estimate of drug-likeness (QED) is 0.293. The van der Waals surface area contributed by atoms with E-state index in [1.165, 1.54) is 64.5 Å². The topological polar surface area (TPSA) is 19.0 Å². The third-order valence-corrected chi connectivity index (χ3v) is 6.30. The molecule has 0 N–H and O–H groups in total. The van der Waals surface area contributed by atoms with E-state index < -0.39 is 0 Å². The van der Waals surface area contributed by atoms with E-state index in [1.807, 2.05) is 0 Å². The summed E-state index contributed by atoms with van der Waals surface area (Å²) < 4.78 is 6.11. The zero-order chi connectivity index (χ0) is 18.2. The highest BCUT2D eigenvalue weighted by atomic mass is 28.2. The molecule has 5 heteroatoms. The monoisotopic (exact) mass is 359 g/mol. The van der Waals surface area contributed by atoms with Crippen LogP contribution in [0.3, 0.4) is 0 Å². The maximum Gasteiger partial charge on any atom is 0.163 e. The Balaban J connectivity index is 4.05. The zero-order valence-electron chi connectivity index (χ0n) is 17.5. The molecule has 0 bridgehead atoms. The fourth-order valence-electron chi connectivity index (χ4n) is 2.84. The molecule has 146 valence electrons. The normalized spacial score (nSPS) is 12.8. The van der Waals surface area contributed by atoms with Crippen molar-refractivity contribution in [3.8, 4) is 0 Å². The van der Waals surface area contributed by atoms with Crippen LogP contribution in [0.25, 0.3) is 0 Å². The smallest absolute Gasteiger partial charge is 0.163 e. The lowest BCUT2D eigenvalue weighted by molar-refractivity contribution is 0.197. The van der Waals surface area contributed by atoms with Crippen LogP contribution in [0.15, 0.2) is 0 Å². The second-order valence-electron chi connectivity index (χ2n) is 7.00. The number of nitrogens with zero attached hydrogens (tertiary/aromatic N) is 3. The van der Waals surface area contributed by atoms with Gasteiger partial charge in [0.05, 0.1) is 0 Å². The highest BCUT2D eigenvalue weighted by Gasteiger charge is 2.08. The summed E-state index contributed by atoms with van der Waals surface area (Å²) >= 11 is 0. The first-order chi connectivity index (χ1) is 11.6. The molecule has 0 aliphatic carbocycles. The Labute approximate surface area is 154 Å². The van der Waals surface area contributed by atoms with Gasteiger partial charge >= 0.3 is 0 Å². The molecule has 24 heavy (non-hydrogen) atoms. The van der Waals surface area contributed by atoms with E-state index >= 15 is 0 Å². The molecule has 0 saturated carbocycles. The predicted octanol–water partition coefficient (Wildman–Crippen LogP) is 2.68. The summed E-state index contributed by atoms with van der Waals surface area (Å²) in [5.74, 6) is 0. The third-order valence-electron chi connectivity index (χ3n) is 4.99. The first-order valence-corrected chi connectivity index (χ1v) is 11.9. The maximum atomic E-state index is 6.11. The molecular weight excluding hydrogens is 314 g/mol. The van der Waals surface area contributed by atoms with Crippen molar-refractivity contribution >= 4 is 9.76 Å². The minimum Gasteiger partial charge on any atom is -0.421 e. The molecule has 0 heterocycles. The Kier molecular flexibility index (Phi) is 16.6. The number of hydrogen-bond acceptors (Lipinski definition) is 4. The van der Waals surface area contributed by atoms with Gasteiger partial charge in [0.25, 0.3) is 0 Å². The van der Waals surface area contributed by atoms with E-state index in [0.717, 1.165) is 13.1 Å². The lowest BCUT2D eigenvalue weighted by Crippen LogP contribution is -2.32. The molecule has 0 rings (SSSR count). The average molecular weight is 360 g/mol. The molecule has 0 aromatic rings. The molecule has 0 radical (unpaired) electrons. The molecule has 0 atom stereocenters. The Morgan fingerprint density at radius 1 is 0.750 bits per heavy atom. The van der Waals surface area contributed by atoms with E-state index in [-0.39, 0.29) is 9.76 Å². The van der Waals surface area contributed by atoms with Crippen molar-refractivity contribution in [1.82, 2.24) is 14.7 Å². The second-order valence-corrected chi connectivity index (χ2v) is 8.45. The van der Waals surface area contributed by atoms with Crippen LogP contribution in [0.2, 0.25) is 6.04 Å². The van der Waals surface area contributed by atoms with Gasteiger partial charge in [-0.15, -0.1) is 0 Å². The second kappa shape index (κ2) is 16.5. The highest BCUT2D eigenvalue weighted by Crippen LogP contribution is 2.04. The summed E-state index contributed by atoms with van der Waals surface area (Å²) in [5, 5.41) is 0. The Bertz CT molecular complexity index is 249. The summed E-state index contributed by atoms with van der Waals surface area (Å²) in [5.41, 5.74) is 0. The minimum atomic E-state index is -0.350. The van der Waals surface area contributed by atoms with Gasteiger partial charge in [-0.3, -0.25) is 0 Å². The Morgan fingerprint density at radius 3 is 1.67 bits per heavy atom. The Morgan fingerprint density at radius 2 is 1.25 bits per heavy atom. The lowest BCUT2D eigenvalue weighted by Gasteiger charge is -2.25. The van der Waals surface area contributed by atoms with Crippen molar-refractivity contribution in [2.75, 3.05) is 59.9 Å². The summed E-state index contributed by atoms with van der Waals surface area (Å²) in [6, 6.07) is 1.30. The van der Waals surface area contributed by atoms with Gasteiger partial charge in [0.1, 0.15) is 0 Å². The fraction of sp³-hybridized carbons (Fsp3) is 1.00. The summed E-state index contributed by atoms with van der Waals surface area (Å²) in [4.78, 5) is 7.50. The van der Waals surface area contributed by atoms with Gasteiger partial charge in [0.15, 0.2) is 9.76 Å². The van der Waals surface area contributed by atoms with E-state index in [4.69, 9.17) is 4.43 Å². The first-order valence-electron chi connectivity index (χ1n) is 10.3. The molecule has 0 spiro atoms. The summed E-state index contributed by atoms with van der Waals surface area (Å²) in [6.45, 7) is 17.4. The summed E-state index contributed by atoms with van der Waals surface area (Å²) in [6.07, 6.45) is 5.41. The third kappa shape index (κ3) is 13.4. The molecule has 0 aromatic heterocycles. The molecule has 0 unspecified atom stereocenters. The van der Waals surface area contributed by atoms with Crippen molar-refractivity contribution in [3.05, 3.63) is 0 Å². The van der Waals surface area contributed by atoms with Gasteiger partial charge < -0.3 is 19.1 Å². The molecular formula is C19H45N3OSi. The average Bonchev–Trinajstić information content (AvgIpc) is 2.60. The SMILES string of the molecule is CCC(CC)O[SiH2]CCN(CCCN(C)CC)CCCN(C)CC. The van der Waals surface area contributed by atoms with Gasteiger partial charge in [-0.1, -0.05) is 27.7 Å². The fourth-order valence-corrected chi connectivity index (χ4v) is 4.39. The van der Waals surface area contributed by atoms with Gasteiger partial charge in [0, 0.05) is 6.10 Å². The molecule has 0 amide bonds. The van der Waals surface area contributed by atoms with Crippen molar-refractivity contribution in [2.24, 2.45) is 0 Å². The van der Waals surface area contributed by atoms with E-state index in [0.29, 0.717) is 6.10 Å². The van der Waals surface area contributed by atoms with Crippen LogP contribution in [0.5, 0.6) is 0 Å². The van der Waals surface area contributed by atoms with Crippen LogP contribution in [0.4, 0.5) is 0 Å². The predicted molar refractivity (Wildman–Crippen MR) is 111 cm³/mol. The van der Waals surface area contributed by atoms with Gasteiger partial charge in [-0.05, 0) is 91.6 Å². The maximum absolute atomic E-state index is 6.11.